The van der Waals surface area contributed by atoms with E-state index in [4.69, 9.17) is 0 Å². The molecule has 1 aliphatic heterocycles. The van der Waals surface area contributed by atoms with Crippen LogP contribution in [0.3, 0.4) is 0 Å². The van der Waals surface area contributed by atoms with Gasteiger partial charge in [-0.2, -0.15) is 0 Å². The van der Waals surface area contributed by atoms with Gasteiger partial charge in [-0.25, -0.2) is 12.6 Å². The van der Waals surface area contributed by atoms with Crippen molar-refractivity contribution in [1.29, 1.82) is 0 Å². The average Bonchev–Trinajstić information content (AvgIpc) is 2.47. The van der Waals surface area contributed by atoms with Crippen molar-refractivity contribution in [2.45, 2.75) is 14.7 Å². The highest BCUT2D eigenvalue weighted by Gasteiger charge is 2.23. The molecule has 0 amide bonds. The Bertz CT molecular complexity index is 818. The fraction of sp³-hybridized carbons (Fsp3) is 0. The Hall–Kier alpha value is -1.74. The summed E-state index contributed by atoms with van der Waals surface area (Å²) in [6.45, 7) is 0. The van der Waals surface area contributed by atoms with E-state index in [-0.39, 0.29) is 4.90 Å². The molecule has 20 heavy (non-hydrogen) atoms. The number of hydrogen-bond donors (Lipinski definition) is 2. The Balaban J connectivity index is 2.15. The van der Waals surface area contributed by atoms with Crippen LogP contribution in [0, 0.1) is 5.21 Å². The molecule has 104 valence electrons. The van der Waals surface area contributed by atoms with Crippen molar-refractivity contribution in [2.75, 3.05) is 5.32 Å². The van der Waals surface area contributed by atoms with E-state index in [0.717, 1.165) is 4.89 Å². The number of anilines is 2. The number of benzene rings is 2. The molecule has 0 saturated heterocycles. The van der Waals surface area contributed by atoms with Crippen molar-refractivity contribution in [3.63, 3.8) is 0 Å². The van der Waals surface area contributed by atoms with E-state index in [9.17, 15) is 17.8 Å². The predicted molar refractivity (Wildman–Crippen MR) is 74.5 cm³/mol. The topological polar surface area (TPSA) is 98.3 Å². The van der Waals surface area contributed by atoms with Crippen LogP contribution in [0.5, 0.6) is 0 Å². The molecule has 6 nitrogen and oxygen atoms in total. The summed E-state index contributed by atoms with van der Waals surface area (Å²) in [5.74, 6) is 0. The maximum atomic E-state index is 12.4. The molecule has 0 aromatic heterocycles. The second-order valence-electron chi connectivity index (χ2n) is 4.13. The van der Waals surface area contributed by atoms with Crippen molar-refractivity contribution in [2.24, 2.45) is 0 Å². The number of sulfonamides is 1. The van der Waals surface area contributed by atoms with Crippen LogP contribution >= 0.6 is 0 Å². The minimum atomic E-state index is -4.07. The number of nitrogens with one attached hydrogen (secondary N) is 2. The molecule has 0 saturated carbocycles. The van der Waals surface area contributed by atoms with E-state index < -0.39 is 20.8 Å². The summed E-state index contributed by atoms with van der Waals surface area (Å²) in [5.41, 5.74) is 1.07. The summed E-state index contributed by atoms with van der Waals surface area (Å²) >= 11 is 0. The molecule has 0 fully saturated rings. The first kappa shape index (κ1) is 13.3. The largest absolute Gasteiger partial charge is 0.775 e. The molecule has 0 spiro atoms. The third kappa shape index (κ3) is 2.02. The van der Waals surface area contributed by atoms with E-state index in [1.165, 1.54) is 18.2 Å². The second-order valence-corrected chi connectivity index (χ2v) is 7.20. The summed E-state index contributed by atoms with van der Waals surface area (Å²) in [6.07, 6.45) is 0. The van der Waals surface area contributed by atoms with Gasteiger partial charge in [0.15, 0.2) is 0 Å². The van der Waals surface area contributed by atoms with Gasteiger partial charge in [0.1, 0.15) is 0 Å². The van der Waals surface area contributed by atoms with Crippen molar-refractivity contribution < 1.29 is 12.6 Å². The highest BCUT2D eigenvalue weighted by molar-refractivity contribution is 7.89. The molecule has 0 aliphatic carbocycles. The van der Waals surface area contributed by atoms with Crippen LogP contribution in [-0.2, 0) is 20.8 Å². The van der Waals surface area contributed by atoms with E-state index in [1.807, 2.05) is 0 Å². The Morgan fingerprint density at radius 3 is 2.50 bits per heavy atom. The second kappa shape index (κ2) is 4.67. The highest BCUT2D eigenvalue weighted by Crippen LogP contribution is 2.37. The fourth-order valence-corrected chi connectivity index (χ4v) is 3.85. The summed E-state index contributed by atoms with van der Waals surface area (Å²) in [5, 5.41) is 13.5. The van der Waals surface area contributed by atoms with E-state index in [2.05, 4.69) is 5.32 Å². The summed E-state index contributed by atoms with van der Waals surface area (Å²) in [7, 11) is -5.45. The van der Waals surface area contributed by atoms with Gasteiger partial charge in [0.05, 0.1) is 36.9 Å². The van der Waals surface area contributed by atoms with Gasteiger partial charge < -0.3 is 10.5 Å². The van der Waals surface area contributed by atoms with Gasteiger partial charge in [-0.1, -0.05) is 12.1 Å². The molecule has 2 aromatic carbocycles. The minimum Gasteiger partial charge on any atom is -0.775 e. The van der Waals surface area contributed by atoms with Crippen LogP contribution in [0.2, 0.25) is 0 Å². The first-order valence-corrected chi connectivity index (χ1v) is 8.22. The third-order valence-electron chi connectivity index (χ3n) is 2.93. The lowest BCUT2D eigenvalue weighted by Gasteiger charge is -2.21. The first-order chi connectivity index (χ1) is 9.53. The van der Waals surface area contributed by atoms with Gasteiger partial charge in [-0.3, -0.25) is 4.89 Å². The van der Waals surface area contributed by atoms with E-state index >= 15 is 0 Å². The van der Waals surface area contributed by atoms with Gasteiger partial charge in [-0.05, 0) is 30.3 Å². The smallest absolute Gasteiger partial charge is 0.229 e. The number of hydrogen-bond acceptors (Lipinski definition) is 5. The lowest BCUT2D eigenvalue weighted by molar-refractivity contribution is 0.590. The Labute approximate surface area is 117 Å². The summed E-state index contributed by atoms with van der Waals surface area (Å²) < 4.78 is 35.4. The molecule has 2 N–H and O–H groups in total. The molecule has 3 rings (SSSR count). The van der Waals surface area contributed by atoms with E-state index in [1.54, 1.807) is 24.3 Å². The highest BCUT2D eigenvalue weighted by atomic mass is 32.2. The lowest BCUT2D eigenvalue weighted by Crippen LogP contribution is -2.17. The average molecular weight is 309 g/mol. The zero-order chi connectivity index (χ0) is 14.3. The van der Waals surface area contributed by atoms with Gasteiger partial charge in [0, 0.05) is 0 Å². The standard InChI is InChI=1S/C12H9N2O4S2/c15-14-20(17,18)8-5-6-12-10(7-8)13-9-3-1-2-4-11(9)19(12)16/h1-7,13-14H/q-1. The quantitative estimate of drug-likeness (QED) is 0.702. The third-order valence-corrected chi connectivity index (χ3v) is 5.53. The summed E-state index contributed by atoms with van der Waals surface area (Å²) in [4.78, 5) is 1.96. The molecular formula is C12H9N2O4S2-. The summed E-state index contributed by atoms with van der Waals surface area (Å²) in [6, 6.07) is 11.1. The SMILES string of the molecule is O=S1c2ccccc2Nc2cc(S(=O)(=O)N[O-])ccc21. The molecule has 1 atom stereocenters. The van der Waals surface area contributed by atoms with Crippen LogP contribution in [-0.4, -0.2) is 12.6 Å². The molecule has 8 heteroatoms. The van der Waals surface area contributed by atoms with Crippen molar-refractivity contribution in [3.8, 4) is 0 Å². The Kier molecular flexibility index (Phi) is 3.09. The van der Waals surface area contributed by atoms with E-state index in [0.29, 0.717) is 21.2 Å². The maximum absolute atomic E-state index is 12.4. The van der Waals surface area contributed by atoms with Gasteiger partial charge >= 0.3 is 0 Å². The molecule has 2 aromatic rings. The Morgan fingerprint density at radius 2 is 1.75 bits per heavy atom. The molecule has 0 radical (unpaired) electrons. The number of rotatable bonds is 2. The fourth-order valence-electron chi connectivity index (χ4n) is 1.98. The maximum Gasteiger partial charge on any atom is 0.229 e. The van der Waals surface area contributed by atoms with Gasteiger partial charge in [0.2, 0.25) is 10.0 Å². The van der Waals surface area contributed by atoms with Crippen molar-refractivity contribution in [1.82, 2.24) is 4.89 Å². The molecule has 1 aliphatic rings. The van der Waals surface area contributed by atoms with Crippen LogP contribution in [0.4, 0.5) is 11.4 Å². The van der Waals surface area contributed by atoms with Crippen LogP contribution in [0.15, 0.2) is 57.2 Å². The Morgan fingerprint density at radius 1 is 1.05 bits per heavy atom. The van der Waals surface area contributed by atoms with Crippen LogP contribution in [0.1, 0.15) is 0 Å². The van der Waals surface area contributed by atoms with Crippen molar-refractivity contribution in [3.05, 3.63) is 47.7 Å². The lowest BCUT2D eigenvalue weighted by atomic mass is 10.2. The van der Waals surface area contributed by atoms with Crippen molar-refractivity contribution >= 4 is 32.2 Å². The first-order valence-electron chi connectivity index (χ1n) is 5.59. The molecular weight excluding hydrogens is 300 g/mol. The normalized spacial score (nSPS) is 16.9. The monoisotopic (exact) mass is 309 g/mol. The van der Waals surface area contributed by atoms with Gasteiger partial charge in [-0.15, -0.1) is 0 Å². The number of fused-ring (bicyclic) bond motifs is 2. The zero-order valence-corrected chi connectivity index (χ0v) is 11.6. The molecule has 0 bridgehead atoms. The molecule has 1 heterocycles. The minimum absolute atomic E-state index is 0.171. The van der Waals surface area contributed by atoms with Gasteiger partial charge in [0.25, 0.3) is 0 Å². The van der Waals surface area contributed by atoms with Crippen LogP contribution < -0.4 is 10.2 Å². The van der Waals surface area contributed by atoms with Crippen LogP contribution in [0.25, 0.3) is 0 Å². The molecule has 1 unspecified atom stereocenters. The predicted octanol–water partition coefficient (Wildman–Crippen LogP) is 1.69. The zero-order valence-electron chi connectivity index (χ0n) is 9.99. The number of para-hydroxylation sites is 1.